The maximum atomic E-state index is 12.6. The molecule has 5 nitrogen and oxygen atoms in total. The van der Waals surface area contributed by atoms with Crippen LogP contribution in [0.15, 0.2) is 48.0 Å². The molecule has 2 aromatic heterocycles. The highest BCUT2D eigenvalue weighted by Gasteiger charge is 2.11. The van der Waals surface area contributed by atoms with Gasteiger partial charge in [0.15, 0.2) is 9.60 Å². The minimum absolute atomic E-state index is 0.128. The Morgan fingerprint density at radius 1 is 1.48 bits per heavy atom. The summed E-state index contributed by atoms with van der Waals surface area (Å²) in [4.78, 5) is 17.0. The maximum Gasteiger partial charge on any atom is 0.273 e. The summed E-state index contributed by atoms with van der Waals surface area (Å²) in [6, 6.07) is 9.27. The molecule has 0 bridgehead atoms. The normalized spacial score (nSPS) is 10.6. The molecule has 0 saturated carbocycles. The largest absolute Gasteiger partial charge is 0.304 e. The van der Waals surface area contributed by atoms with Gasteiger partial charge in [0.1, 0.15) is 11.0 Å². The van der Waals surface area contributed by atoms with E-state index in [1.54, 1.807) is 28.8 Å². The van der Waals surface area contributed by atoms with Crippen LogP contribution in [0.25, 0.3) is 10.3 Å². The zero-order valence-corrected chi connectivity index (χ0v) is 13.7. The second-order valence-electron chi connectivity index (χ2n) is 4.91. The van der Waals surface area contributed by atoms with Crippen molar-refractivity contribution in [3.8, 4) is 6.07 Å². The van der Waals surface area contributed by atoms with Crippen molar-refractivity contribution in [3.05, 3.63) is 68.7 Å². The number of aromatic nitrogens is 3. The van der Waals surface area contributed by atoms with Gasteiger partial charge < -0.3 is 4.57 Å². The Labute approximate surface area is 141 Å². The Morgan fingerprint density at radius 2 is 2.30 bits per heavy atom. The molecular formula is C16H12N4OS2. The number of nitrogens with zero attached hydrogens (tertiary/aromatic N) is 4. The van der Waals surface area contributed by atoms with E-state index in [4.69, 9.17) is 17.5 Å². The Hall–Kier alpha value is -2.56. The third-order valence-electron chi connectivity index (χ3n) is 3.36. The number of rotatable bonds is 4. The standard InChI is InChI=1S/C16H12N4OS2/c1-2-6-20-14-13(23-16(20)22)15(21)19(10-18-14)9-12-5-3-4-11(7-12)8-17/h2-5,7,10H,1,6,9H2. The van der Waals surface area contributed by atoms with E-state index >= 15 is 0 Å². The zero-order valence-electron chi connectivity index (χ0n) is 12.1. The van der Waals surface area contributed by atoms with Crippen LogP contribution >= 0.6 is 23.6 Å². The minimum atomic E-state index is -0.128. The van der Waals surface area contributed by atoms with Crippen LogP contribution < -0.4 is 5.56 Å². The lowest BCUT2D eigenvalue weighted by Crippen LogP contribution is -2.20. The van der Waals surface area contributed by atoms with Crippen LogP contribution in [0.1, 0.15) is 11.1 Å². The fraction of sp³-hybridized carbons (Fsp3) is 0.125. The molecule has 0 amide bonds. The summed E-state index contributed by atoms with van der Waals surface area (Å²) in [6.45, 7) is 4.59. The van der Waals surface area contributed by atoms with E-state index in [-0.39, 0.29) is 5.56 Å². The Morgan fingerprint density at radius 3 is 3.04 bits per heavy atom. The van der Waals surface area contributed by atoms with Gasteiger partial charge >= 0.3 is 0 Å². The predicted molar refractivity (Wildman–Crippen MR) is 93.2 cm³/mol. The van der Waals surface area contributed by atoms with Gasteiger partial charge in [-0.25, -0.2) is 4.98 Å². The molecule has 0 radical (unpaired) electrons. The Balaban J connectivity index is 2.08. The number of allylic oxidation sites excluding steroid dienone is 1. The summed E-state index contributed by atoms with van der Waals surface area (Å²) in [5, 5.41) is 8.96. The van der Waals surface area contributed by atoms with Gasteiger partial charge in [-0.15, -0.1) is 6.58 Å². The van der Waals surface area contributed by atoms with Crippen molar-refractivity contribution in [1.82, 2.24) is 14.1 Å². The second-order valence-corrected chi connectivity index (χ2v) is 6.55. The molecule has 0 aliphatic carbocycles. The maximum absolute atomic E-state index is 12.6. The van der Waals surface area contributed by atoms with Gasteiger partial charge in [-0.2, -0.15) is 5.26 Å². The molecule has 0 atom stereocenters. The summed E-state index contributed by atoms with van der Waals surface area (Å²) in [7, 11) is 0. The van der Waals surface area contributed by atoms with Crippen LogP contribution in [0.2, 0.25) is 0 Å². The van der Waals surface area contributed by atoms with Crippen molar-refractivity contribution in [2.45, 2.75) is 13.1 Å². The molecule has 3 aromatic rings. The lowest BCUT2D eigenvalue weighted by Gasteiger charge is -2.06. The van der Waals surface area contributed by atoms with Crippen molar-refractivity contribution in [3.63, 3.8) is 0 Å². The van der Waals surface area contributed by atoms with Gasteiger partial charge in [0, 0.05) is 6.54 Å². The Kier molecular flexibility index (Phi) is 4.19. The van der Waals surface area contributed by atoms with Crippen molar-refractivity contribution in [2.75, 3.05) is 0 Å². The van der Waals surface area contributed by atoms with Crippen LogP contribution in [-0.2, 0) is 13.1 Å². The first-order valence-corrected chi connectivity index (χ1v) is 8.05. The molecule has 0 saturated heterocycles. The Bertz CT molecular complexity index is 1050. The van der Waals surface area contributed by atoms with Crippen LogP contribution in [0, 0.1) is 15.3 Å². The lowest BCUT2D eigenvalue weighted by atomic mass is 10.1. The van der Waals surface area contributed by atoms with E-state index in [0.29, 0.717) is 33.0 Å². The topological polar surface area (TPSA) is 63.6 Å². The summed E-state index contributed by atoms with van der Waals surface area (Å²) in [6.07, 6.45) is 3.24. The van der Waals surface area contributed by atoms with E-state index in [0.717, 1.165) is 5.56 Å². The molecule has 114 valence electrons. The van der Waals surface area contributed by atoms with Crippen molar-refractivity contribution in [2.24, 2.45) is 0 Å². The minimum Gasteiger partial charge on any atom is -0.304 e. The van der Waals surface area contributed by atoms with Gasteiger partial charge in [0.05, 0.1) is 18.2 Å². The molecule has 23 heavy (non-hydrogen) atoms. The molecule has 0 N–H and O–H groups in total. The number of benzene rings is 1. The summed E-state index contributed by atoms with van der Waals surface area (Å²) >= 11 is 6.55. The second kappa shape index (κ2) is 6.28. The van der Waals surface area contributed by atoms with Gasteiger partial charge in [0.25, 0.3) is 5.56 Å². The highest BCUT2D eigenvalue weighted by Crippen LogP contribution is 2.18. The van der Waals surface area contributed by atoms with Crippen LogP contribution in [0.3, 0.4) is 0 Å². The highest BCUT2D eigenvalue weighted by molar-refractivity contribution is 7.73. The number of fused-ring (bicyclic) bond motifs is 1. The van der Waals surface area contributed by atoms with E-state index in [1.807, 2.05) is 6.07 Å². The fourth-order valence-corrected chi connectivity index (χ4v) is 3.63. The number of thiazole rings is 1. The van der Waals surface area contributed by atoms with Crippen molar-refractivity contribution < 1.29 is 0 Å². The van der Waals surface area contributed by atoms with Gasteiger partial charge in [-0.1, -0.05) is 29.5 Å². The zero-order chi connectivity index (χ0) is 16.4. The third-order valence-corrected chi connectivity index (χ3v) is 4.79. The highest BCUT2D eigenvalue weighted by atomic mass is 32.1. The molecule has 7 heteroatoms. The monoisotopic (exact) mass is 340 g/mol. The molecule has 2 heterocycles. The van der Waals surface area contributed by atoms with Gasteiger partial charge in [-0.3, -0.25) is 9.36 Å². The number of nitriles is 1. The molecular weight excluding hydrogens is 328 g/mol. The number of hydrogen-bond donors (Lipinski definition) is 0. The quantitative estimate of drug-likeness (QED) is 0.541. The van der Waals surface area contributed by atoms with E-state index < -0.39 is 0 Å². The summed E-state index contributed by atoms with van der Waals surface area (Å²) < 4.78 is 4.47. The molecule has 0 spiro atoms. The predicted octanol–water partition coefficient (Wildman–Crippen LogP) is 3.09. The smallest absolute Gasteiger partial charge is 0.273 e. The van der Waals surface area contributed by atoms with E-state index in [2.05, 4.69) is 17.6 Å². The number of hydrogen-bond acceptors (Lipinski definition) is 5. The molecule has 0 unspecified atom stereocenters. The summed E-state index contributed by atoms with van der Waals surface area (Å²) in [5.41, 5.74) is 1.90. The average molecular weight is 340 g/mol. The molecule has 0 aliphatic heterocycles. The fourth-order valence-electron chi connectivity index (χ4n) is 2.31. The molecule has 1 aromatic carbocycles. The van der Waals surface area contributed by atoms with E-state index in [1.165, 1.54) is 22.2 Å². The molecule has 0 fully saturated rings. The lowest BCUT2D eigenvalue weighted by molar-refractivity contribution is 0.741. The van der Waals surface area contributed by atoms with Crippen LogP contribution in [0.4, 0.5) is 0 Å². The first-order valence-electron chi connectivity index (χ1n) is 6.82. The van der Waals surface area contributed by atoms with Crippen molar-refractivity contribution >= 4 is 33.9 Å². The molecule has 3 rings (SSSR count). The van der Waals surface area contributed by atoms with Crippen LogP contribution in [0.5, 0.6) is 0 Å². The van der Waals surface area contributed by atoms with E-state index in [9.17, 15) is 4.79 Å². The SMILES string of the molecule is C=CCn1c(=S)sc2c(=O)n(Cc3cccc(C#N)c3)cnc21. The third kappa shape index (κ3) is 2.86. The van der Waals surface area contributed by atoms with Gasteiger partial charge in [0.2, 0.25) is 0 Å². The average Bonchev–Trinajstić information content (AvgIpc) is 2.88. The van der Waals surface area contributed by atoms with Crippen LogP contribution in [-0.4, -0.2) is 14.1 Å². The van der Waals surface area contributed by atoms with Crippen molar-refractivity contribution in [1.29, 1.82) is 5.26 Å². The van der Waals surface area contributed by atoms with Gasteiger partial charge in [-0.05, 0) is 29.9 Å². The first kappa shape index (κ1) is 15.3. The molecule has 0 aliphatic rings. The summed E-state index contributed by atoms with van der Waals surface area (Å²) in [5.74, 6) is 0. The first-order chi connectivity index (χ1) is 11.1.